The van der Waals surface area contributed by atoms with Crippen molar-refractivity contribution in [2.75, 3.05) is 13.2 Å². The minimum Gasteiger partial charge on any atom is -0.458 e. The highest BCUT2D eigenvalue weighted by atomic mass is 31.2. The van der Waals surface area contributed by atoms with Crippen LogP contribution in [0.15, 0.2) is 11.4 Å². The molecule has 0 saturated carbocycles. The molecule has 1 rings (SSSR count). The maximum atomic E-state index is 12.5. The van der Waals surface area contributed by atoms with Gasteiger partial charge in [0.15, 0.2) is 0 Å². The number of carbonyl (C=O) groups excluding carboxylic acids is 1. The molecule has 1 aliphatic carbocycles. The first-order valence-electron chi connectivity index (χ1n) is 6.29. The zero-order valence-corrected chi connectivity index (χ0v) is 12.1. The minimum atomic E-state index is -3.21. The van der Waals surface area contributed by atoms with Crippen LogP contribution in [0.3, 0.4) is 0 Å². The van der Waals surface area contributed by atoms with Gasteiger partial charge in [0.1, 0.15) is 6.10 Å². The molecule has 0 N–H and O–H groups in total. The Morgan fingerprint density at radius 1 is 1.39 bits per heavy atom. The molecule has 104 valence electrons. The fourth-order valence-electron chi connectivity index (χ4n) is 1.94. The summed E-state index contributed by atoms with van der Waals surface area (Å²) in [5, 5.41) is 0.628. The third-order valence-electron chi connectivity index (χ3n) is 2.57. The van der Waals surface area contributed by atoms with Crippen molar-refractivity contribution in [2.24, 2.45) is 0 Å². The fourth-order valence-corrected chi connectivity index (χ4v) is 3.81. The van der Waals surface area contributed by atoms with Gasteiger partial charge in [-0.05, 0) is 39.2 Å². The predicted octanol–water partition coefficient (Wildman–Crippen LogP) is 3.25. The van der Waals surface area contributed by atoms with Crippen LogP contribution in [0, 0.1) is 0 Å². The predicted molar refractivity (Wildman–Crippen MR) is 68.3 cm³/mol. The number of allylic oxidation sites excluding steroid dienone is 1. The highest BCUT2D eigenvalue weighted by molar-refractivity contribution is 7.58. The second kappa shape index (κ2) is 7.07. The van der Waals surface area contributed by atoms with Gasteiger partial charge >= 0.3 is 13.6 Å². The number of hydrogen-bond donors (Lipinski definition) is 0. The molecule has 0 heterocycles. The first kappa shape index (κ1) is 15.4. The third kappa shape index (κ3) is 4.23. The largest absolute Gasteiger partial charge is 0.458 e. The first-order valence-corrected chi connectivity index (χ1v) is 7.83. The van der Waals surface area contributed by atoms with Gasteiger partial charge in [-0.1, -0.05) is 0 Å². The van der Waals surface area contributed by atoms with E-state index >= 15 is 0 Å². The molecule has 0 aliphatic heterocycles. The van der Waals surface area contributed by atoms with Gasteiger partial charge < -0.3 is 13.8 Å². The van der Waals surface area contributed by atoms with Gasteiger partial charge in [-0.2, -0.15) is 0 Å². The summed E-state index contributed by atoms with van der Waals surface area (Å²) in [6, 6.07) is 0. The Morgan fingerprint density at radius 3 is 2.50 bits per heavy atom. The van der Waals surface area contributed by atoms with Crippen LogP contribution in [0.5, 0.6) is 0 Å². The van der Waals surface area contributed by atoms with Crippen LogP contribution in [0.1, 0.15) is 40.0 Å². The van der Waals surface area contributed by atoms with Gasteiger partial charge in [0.25, 0.3) is 0 Å². The van der Waals surface area contributed by atoms with E-state index in [0.717, 1.165) is 12.8 Å². The Kier molecular flexibility index (Phi) is 6.06. The van der Waals surface area contributed by atoms with Gasteiger partial charge in [0.05, 0.1) is 13.2 Å². The lowest BCUT2D eigenvalue weighted by atomic mass is 10.1. The quantitative estimate of drug-likeness (QED) is 0.550. The second-order valence-corrected chi connectivity index (χ2v) is 6.12. The number of hydrogen-bond acceptors (Lipinski definition) is 5. The topological polar surface area (TPSA) is 61.8 Å². The van der Waals surface area contributed by atoms with E-state index in [1.807, 2.05) is 0 Å². The zero-order valence-electron chi connectivity index (χ0n) is 11.2. The van der Waals surface area contributed by atoms with Crippen LogP contribution < -0.4 is 0 Å². The summed E-state index contributed by atoms with van der Waals surface area (Å²) in [6.07, 6.45) is 3.63. The smallest absolute Gasteiger partial charge is 0.357 e. The first-order chi connectivity index (χ1) is 8.51. The maximum absolute atomic E-state index is 12.5. The van der Waals surface area contributed by atoms with Crippen molar-refractivity contribution in [3.63, 3.8) is 0 Å². The lowest BCUT2D eigenvalue weighted by molar-refractivity contribution is -0.144. The molecule has 5 nitrogen and oxygen atoms in total. The summed E-state index contributed by atoms with van der Waals surface area (Å²) < 4.78 is 28.2. The van der Waals surface area contributed by atoms with Crippen LogP contribution >= 0.6 is 7.60 Å². The van der Waals surface area contributed by atoms with E-state index in [1.54, 1.807) is 19.9 Å². The maximum Gasteiger partial charge on any atom is 0.357 e. The standard InChI is InChI=1S/C12H21O5P/c1-4-15-18(14,16-5-2)12-8-6-7-11(9-12)17-10(3)13/h9,11H,4-8H2,1-3H3/t11-/m1/s1. The summed E-state index contributed by atoms with van der Waals surface area (Å²) >= 11 is 0. The molecule has 0 saturated heterocycles. The van der Waals surface area contributed by atoms with Crippen LogP contribution in [0.25, 0.3) is 0 Å². The van der Waals surface area contributed by atoms with Crippen LogP contribution in [-0.4, -0.2) is 25.3 Å². The third-order valence-corrected chi connectivity index (χ3v) is 4.84. The number of ether oxygens (including phenoxy) is 1. The molecule has 0 bridgehead atoms. The Bertz CT molecular complexity index is 353. The average Bonchev–Trinajstić information content (AvgIpc) is 2.29. The van der Waals surface area contributed by atoms with Crippen molar-refractivity contribution >= 4 is 13.6 Å². The monoisotopic (exact) mass is 276 g/mol. The van der Waals surface area contributed by atoms with E-state index in [1.165, 1.54) is 6.92 Å². The Labute approximate surface area is 108 Å². The van der Waals surface area contributed by atoms with Gasteiger partial charge in [-0.15, -0.1) is 0 Å². The molecule has 0 radical (unpaired) electrons. The zero-order chi connectivity index (χ0) is 13.6. The summed E-state index contributed by atoms with van der Waals surface area (Å²) in [7, 11) is -3.21. The molecule has 6 heteroatoms. The molecule has 1 aliphatic rings. The van der Waals surface area contributed by atoms with Gasteiger partial charge in [-0.25, -0.2) is 0 Å². The molecular weight excluding hydrogens is 255 g/mol. The molecule has 18 heavy (non-hydrogen) atoms. The highest BCUT2D eigenvalue weighted by Crippen LogP contribution is 2.58. The number of carbonyl (C=O) groups is 1. The Morgan fingerprint density at radius 2 is 2.00 bits per heavy atom. The molecular formula is C12H21O5P. The number of rotatable bonds is 6. The number of esters is 1. The Hall–Kier alpha value is -0.640. The van der Waals surface area contributed by atoms with E-state index < -0.39 is 7.60 Å². The summed E-state index contributed by atoms with van der Waals surface area (Å²) in [6.45, 7) is 5.57. The van der Waals surface area contributed by atoms with Crippen LogP contribution in [0.2, 0.25) is 0 Å². The van der Waals surface area contributed by atoms with E-state index in [0.29, 0.717) is 24.9 Å². The summed E-state index contributed by atoms with van der Waals surface area (Å²) in [5.74, 6) is -0.333. The molecule has 0 amide bonds. The molecule has 0 aromatic rings. The van der Waals surface area contributed by atoms with Gasteiger partial charge in [0.2, 0.25) is 0 Å². The summed E-state index contributed by atoms with van der Waals surface area (Å²) in [4.78, 5) is 10.9. The molecule has 1 atom stereocenters. The van der Waals surface area contributed by atoms with Crippen LogP contribution in [0.4, 0.5) is 0 Å². The van der Waals surface area contributed by atoms with Crippen molar-refractivity contribution in [1.29, 1.82) is 0 Å². The fraction of sp³-hybridized carbons (Fsp3) is 0.750. The normalized spacial score (nSPS) is 20.4. The highest BCUT2D eigenvalue weighted by Gasteiger charge is 2.32. The average molecular weight is 276 g/mol. The van der Waals surface area contributed by atoms with Crippen molar-refractivity contribution in [3.8, 4) is 0 Å². The second-order valence-electron chi connectivity index (χ2n) is 4.03. The molecule has 0 spiro atoms. The lowest BCUT2D eigenvalue weighted by Crippen LogP contribution is -2.18. The van der Waals surface area contributed by atoms with E-state index in [2.05, 4.69) is 0 Å². The van der Waals surface area contributed by atoms with Gasteiger partial charge in [0, 0.05) is 12.2 Å². The lowest BCUT2D eigenvalue weighted by Gasteiger charge is -2.25. The molecule has 0 aromatic carbocycles. The van der Waals surface area contributed by atoms with Crippen LogP contribution in [-0.2, 0) is 23.1 Å². The van der Waals surface area contributed by atoms with Crippen molar-refractivity contribution in [2.45, 2.75) is 46.1 Å². The van der Waals surface area contributed by atoms with Crippen molar-refractivity contribution in [1.82, 2.24) is 0 Å². The summed E-state index contributed by atoms with van der Waals surface area (Å²) in [5.41, 5.74) is 0. The van der Waals surface area contributed by atoms with E-state index in [9.17, 15) is 9.36 Å². The Balaban J connectivity index is 2.86. The molecule has 0 aromatic heterocycles. The van der Waals surface area contributed by atoms with Crippen molar-refractivity contribution < 1.29 is 23.1 Å². The van der Waals surface area contributed by atoms with Crippen molar-refractivity contribution in [3.05, 3.63) is 11.4 Å². The molecule has 0 unspecified atom stereocenters. The van der Waals surface area contributed by atoms with E-state index in [4.69, 9.17) is 13.8 Å². The SMILES string of the molecule is CCOP(=O)(OCC)C1=C[C@H](OC(C)=O)CCC1. The minimum absolute atomic E-state index is 0.319. The van der Waals surface area contributed by atoms with Gasteiger partial charge in [-0.3, -0.25) is 9.36 Å². The molecule has 0 fully saturated rings. The van der Waals surface area contributed by atoms with E-state index in [-0.39, 0.29) is 12.1 Å².